The Morgan fingerprint density at radius 1 is 1.17 bits per heavy atom. The zero-order valence-corrected chi connectivity index (χ0v) is 14.3. The third-order valence-electron chi connectivity index (χ3n) is 3.07. The summed E-state index contributed by atoms with van der Waals surface area (Å²) in [4.78, 5) is 4.35. The summed E-state index contributed by atoms with van der Waals surface area (Å²) >= 11 is 5.29. The van der Waals surface area contributed by atoms with E-state index in [9.17, 15) is 0 Å². The molecule has 1 aromatic heterocycles. The Morgan fingerprint density at radius 3 is 2.61 bits per heavy atom. The van der Waals surface area contributed by atoms with Crippen molar-refractivity contribution in [3.05, 3.63) is 48.2 Å². The summed E-state index contributed by atoms with van der Waals surface area (Å²) in [6, 6.07) is 13.3. The molecule has 0 saturated carbocycles. The first-order valence-corrected chi connectivity index (χ1v) is 7.76. The average molecular weight is 331 g/mol. The molecule has 2 aromatic rings. The first-order valence-electron chi connectivity index (χ1n) is 7.35. The van der Waals surface area contributed by atoms with Crippen molar-refractivity contribution in [2.75, 3.05) is 19.0 Å². The Hall–Kier alpha value is -2.34. The number of benzene rings is 1. The molecule has 2 N–H and O–H groups in total. The van der Waals surface area contributed by atoms with Gasteiger partial charge in [-0.15, -0.1) is 0 Å². The van der Waals surface area contributed by atoms with E-state index in [0.717, 1.165) is 11.5 Å². The van der Waals surface area contributed by atoms with Crippen molar-refractivity contribution in [3.8, 4) is 11.5 Å². The second-order valence-corrected chi connectivity index (χ2v) is 5.53. The lowest BCUT2D eigenvalue weighted by Crippen LogP contribution is -2.39. The van der Waals surface area contributed by atoms with Crippen LogP contribution in [0.15, 0.2) is 42.5 Å². The van der Waals surface area contributed by atoms with Crippen LogP contribution in [0.1, 0.15) is 12.6 Å². The molecule has 0 spiro atoms. The second-order valence-electron chi connectivity index (χ2n) is 5.13. The van der Waals surface area contributed by atoms with E-state index in [2.05, 4.69) is 15.6 Å². The monoisotopic (exact) mass is 331 g/mol. The van der Waals surface area contributed by atoms with E-state index in [1.807, 2.05) is 56.3 Å². The van der Waals surface area contributed by atoms with Gasteiger partial charge in [0.25, 0.3) is 0 Å². The van der Waals surface area contributed by atoms with Crippen molar-refractivity contribution in [2.24, 2.45) is 0 Å². The van der Waals surface area contributed by atoms with Crippen LogP contribution in [0.25, 0.3) is 0 Å². The fourth-order valence-corrected chi connectivity index (χ4v) is 2.29. The van der Waals surface area contributed by atoms with E-state index in [0.29, 0.717) is 23.2 Å². The minimum Gasteiger partial charge on any atom is -0.493 e. The summed E-state index contributed by atoms with van der Waals surface area (Å²) < 4.78 is 11.0. The lowest BCUT2D eigenvalue weighted by Gasteiger charge is -2.18. The largest absolute Gasteiger partial charge is 0.493 e. The van der Waals surface area contributed by atoms with Crippen LogP contribution in [-0.4, -0.2) is 29.9 Å². The van der Waals surface area contributed by atoms with Crippen LogP contribution in [0.4, 0.5) is 5.82 Å². The van der Waals surface area contributed by atoms with Gasteiger partial charge >= 0.3 is 0 Å². The third kappa shape index (κ3) is 5.41. The number of para-hydroxylation sites is 2. The Morgan fingerprint density at radius 2 is 1.91 bits per heavy atom. The number of hydrogen-bond acceptors (Lipinski definition) is 4. The van der Waals surface area contributed by atoms with E-state index in [-0.39, 0.29) is 6.04 Å². The molecule has 0 aliphatic heterocycles. The van der Waals surface area contributed by atoms with Gasteiger partial charge in [0.2, 0.25) is 0 Å². The number of pyridine rings is 1. The molecule has 0 radical (unpaired) electrons. The van der Waals surface area contributed by atoms with Crippen molar-refractivity contribution >= 4 is 23.1 Å². The standard InChI is InChI=1S/C17H21N3O2S/c1-12-7-6-10-16(18-12)20-17(23)19-13(2)11-22-15-9-5-4-8-14(15)21-3/h4-10,13H,11H2,1-3H3,(H2,18,19,20,23). The Balaban J connectivity index is 1.82. The molecule has 0 bridgehead atoms. The van der Waals surface area contributed by atoms with Crippen molar-refractivity contribution in [2.45, 2.75) is 19.9 Å². The highest BCUT2D eigenvalue weighted by atomic mass is 32.1. The van der Waals surface area contributed by atoms with E-state index in [1.54, 1.807) is 7.11 Å². The molecule has 1 atom stereocenters. The van der Waals surface area contributed by atoms with Gasteiger partial charge in [-0.05, 0) is 50.3 Å². The van der Waals surface area contributed by atoms with Crippen LogP contribution in [-0.2, 0) is 0 Å². The van der Waals surface area contributed by atoms with Gasteiger partial charge in [-0.3, -0.25) is 0 Å². The summed E-state index contributed by atoms with van der Waals surface area (Å²) in [6.45, 7) is 4.39. The maximum Gasteiger partial charge on any atom is 0.172 e. The Bertz CT molecular complexity index is 664. The van der Waals surface area contributed by atoms with Gasteiger partial charge in [0.05, 0.1) is 13.2 Å². The van der Waals surface area contributed by atoms with Gasteiger partial charge < -0.3 is 20.1 Å². The normalized spacial score (nSPS) is 11.4. The molecule has 23 heavy (non-hydrogen) atoms. The number of aryl methyl sites for hydroxylation is 1. The molecule has 0 amide bonds. The molecule has 1 aromatic carbocycles. The number of aromatic nitrogens is 1. The Kier molecular flexibility index (Phi) is 6.17. The van der Waals surface area contributed by atoms with E-state index in [1.165, 1.54) is 0 Å². The molecule has 5 nitrogen and oxygen atoms in total. The average Bonchev–Trinajstić information content (AvgIpc) is 2.53. The maximum atomic E-state index is 5.77. The predicted molar refractivity (Wildman–Crippen MR) is 96.3 cm³/mol. The SMILES string of the molecule is COc1ccccc1OCC(C)NC(=S)Nc1cccc(C)n1. The summed E-state index contributed by atoms with van der Waals surface area (Å²) in [6.07, 6.45) is 0. The van der Waals surface area contributed by atoms with Crippen molar-refractivity contribution in [1.82, 2.24) is 10.3 Å². The summed E-state index contributed by atoms with van der Waals surface area (Å²) in [7, 11) is 1.62. The minimum atomic E-state index is 0.0321. The Labute approximate surface area is 142 Å². The number of methoxy groups -OCH3 is 1. The van der Waals surface area contributed by atoms with Gasteiger partial charge in [-0.2, -0.15) is 0 Å². The molecule has 6 heteroatoms. The maximum absolute atomic E-state index is 5.77. The molecule has 1 unspecified atom stereocenters. The summed E-state index contributed by atoms with van der Waals surface area (Å²) in [5.41, 5.74) is 0.936. The molecule has 0 saturated heterocycles. The van der Waals surface area contributed by atoms with Crippen LogP contribution < -0.4 is 20.1 Å². The topological polar surface area (TPSA) is 55.4 Å². The van der Waals surface area contributed by atoms with E-state index < -0.39 is 0 Å². The molecule has 0 aliphatic carbocycles. The molecule has 1 heterocycles. The molecule has 2 rings (SSSR count). The number of ether oxygens (including phenoxy) is 2. The van der Waals surface area contributed by atoms with Crippen LogP contribution in [0.3, 0.4) is 0 Å². The minimum absolute atomic E-state index is 0.0321. The molecular weight excluding hydrogens is 310 g/mol. The van der Waals surface area contributed by atoms with Crippen LogP contribution in [0.2, 0.25) is 0 Å². The van der Waals surface area contributed by atoms with Crippen LogP contribution in [0, 0.1) is 6.92 Å². The van der Waals surface area contributed by atoms with E-state index in [4.69, 9.17) is 21.7 Å². The lowest BCUT2D eigenvalue weighted by molar-refractivity contribution is 0.270. The third-order valence-corrected chi connectivity index (χ3v) is 3.29. The first kappa shape index (κ1) is 17.0. The number of rotatable bonds is 6. The molecule has 0 fully saturated rings. The van der Waals surface area contributed by atoms with Crippen LogP contribution in [0.5, 0.6) is 11.5 Å². The number of nitrogens with one attached hydrogen (secondary N) is 2. The number of nitrogens with zero attached hydrogens (tertiary/aromatic N) is 1. The zero-order valence-electron chi connectivity index (χ0n) is 13.5. The van der Waals surface area contributed by atoms with Gasteiger partial charge in [-0.25, -0.2) is 4.98 Å². The van der Waals surface area contributed by atoms with Gasteiger partial charge in [0.15, 0.2) is 16.6 Å². The highest BCUT2D eigenvalue weighted by molar-refractivity contribution is 7.80. The van der Waals surface area contributed by atoms with Gasteiger partial charge in [-0.1, -0.05) is 18.2 Å². The predicted octanol–water partition coefficient (Wildman–Crippen LogP) is 3.15. The lowest BCUT2D eigenvalue weighted by atomic mass is 10.3. The fraction of sp³-hybridized carbons (Fsp3) is 0.294. The van der Waals surface area contributed by atoms with Crippen molar-refractivity contribution in [1.29, 1.82) is 0 Å². The molecular formula is C17H21N3O2S. The smallest absolute Gasteiger partial charge is 0.172 e. The second kappa shape index (κ2) is 8.33. The summed E-state index contributed by atoms with van der Waals surface area (Å²) in [5.74, 6) is 2.15. The number of thiocarbonyl (C=S) groups is 1. The summed E-state index contributed by atoms with van der Waals surface area (Å²) in [5, 5.41) is 6.75. The van der Waals surface area contributed by atoms with Gasteiger partial charge in [0, 0.05) is 5.69 Å². The quantitative estimate of drug-likeness (QED) is 0.793. The first-order chi connectivity index (χ1) is 11.1. The van der Waals surface area contributed by atoms with Crippen molar-refractivity contribution in [3.63, 3.8) is 0 Å². The molecule has 122 valence electrons. The zero-order chi connectivity index (χ0) is 16.7. The fourth-order valence-electron chi connectivity index (χ4n) is 1.98. The number of hydrogen-bond donors (Lipinski definition) is 2. The van der Waals surface area contributed by atoms with E-state index >= 15 is 0 Å². The van der Waals surface area contributed by atoms with Gasteiger partial charge in [0.1, 0.15) is 12.4 Å². The van der Waals surface area contributed by atoms with Crippen LogP contribution >= 0.6 is 12.2 Å². The number of anilines is 1. The highest BCUT2D eigenvalue weighted by Gasteiger charge is 2.08. The molecule has 0 aliphatic rings. The van der Waals surface area contributed by atoms with Crippen molar-refractivity contribution < 1.29 is 9.47 Å². The highest BCUT2D eigenvalue weighted by Crippen LogP contribution is 2.25.